The summed E-state index contributed by atoms with van der Waals surface area (Å²) < 4.78 is 7.39. The fourth-order valence-electron chi connectivity index (χ4n) is 1.28. The quantitative estimate of drug-likeness (QED) is 0.653. The van der Waals surface area contributed by atoms with Crippen molar-refractivity contribution in [1.82, 2.24) is 9.78 Å². The number of ether oxygens (including phenoxy) is 1. The van der Waals surface area contributed by atoms with Crippen molar-refractivity contribution in [1.29, 1.82) is 0 Å². The lowest BCUT2D eigenvalue weighted by atomic mass is 10.2. The predicted octanol–water partition coefficient (Wildman–Crippen LogP) is 2.47. The van der Waals surface area contributed by atoms with Gasteiger partial charge in [-0.3, -0.25) is 4.68 Å². The highest BCUT2D eigenvalue weighted by molar-refractivity contribution is 4.96. The van der Waals surface area contributed by atoms with Crippen molar-refractivity contribution in [2.75, 3.05) is 6.61 Å². The van der Waals surface area contributed by atoms with E-state index in [0.29, 0.717) is 12.5 Å². The molecule has 0 atom stereocenters. The Morgan fingerprint density at radius 1 is 1.50 bits per heavy atom. The van der Waals surface area contributed by atoms with E-state index < -0.39 is 0 Å². The first kappa shape index (κ1) is 11.2. The summed E-state index contributed by atoms with van der Waals surface area (Å²) in [6.45, 7) is 8.92. The third-order valence-electron chi connectivity index (χ3n) is 1.85. The van der Waals surface area contributed by atoms with Crippen LogP contribution in [0.1, 0.15) is 32.9 Å². The minimum Gasteiger partial charge on any atom is -0.375 e. The molecule has 0 saturated carbocycles. The highest BCUT2D eigenvalue weighted by Crippen LogP contribution is 2.02. The average molecular weight is 196 g/mol. The molecule has 80 valence electrons. The van der Waals surface area contributed by atoms with E-state index >= 15 is 0 Å². The summed E-state index contributed by atoms with van der Waals surface area (Å²) >= 11 is 0. The maximum Gasteiger partial charge on any atom is 0.0906 e. The lowest BCUT2D eigenvalue weighted by molar-refractivity contribution is 0.118. The van der Waals surface area contributed by atoms with Crippen LogP contribution in [0.5, 0.6) is 0 Å². The van der Waals surface area contributed by atoms with Gasteiger partial charge in [0.2, 0.25) is 0 Å². The highest BCUT2D eigenvalue weighted by Gasteiger charge is 2.00. The van der Waals surface area contributed by atoms with Gasteiger partial charge in [-0.15, -0.1) is 0 Å². The van der Waals surface area contributed by atoms with Gasteiger partial charge in [-0.25, -0.2) is 0 Å². The molecule has 1 heterocycles. The second-order valence-corrected chi connectivity index (χ2v) is 3.98. The van der Waals surface area contributed by atoms with Gasteiger partial charge in [-0.05, 0) is 18.4 Å². The van der Waals surface area contributed by atoms with Crippen LogP contribution in [-0.4, -0.2) is 16.4 Å². The first-order valence-corrected chi connectivity index (χ1v) is 5.32. The molecule has 0 unspecified atom stereocenters. The Morgan fingerprint density at radius 2 is 2.29 bits per heavy atom. The molecule has 1 aromatic heterocycles. The molecule has 1 aromatic rings. The summed E-state index contributed by atoms with van der Waals surface area (Å²) in [4.78, 5) is 0. The van der Waals surface area contributed by atoms with Crippen molar-refractivity contribution in [2.45, 2.75) is 40.3 Å². The molecule has 3 nitrogen and oxygen atoms in total. The zero-order chi connectivity index (χ0) is 10.4. The van der Waals surface area contributed by atoms with Gasteiger partial charge in [0.1, 0.15) is 0 Å². The van der Waals surface area contributed by atoms with Gasteiger partial charge in [0.15, 0.2) is 0 Å². The number of nitrogens with zero attached hydrogens (tertiary/aromatic N) is 2. The third-order valence-corrected chi connectivity index (χ3v) is 1.85. The molecule has 0 aliphatic rings. The summed E-state index contributed by atoms with van der Waals surface area (Å²) in [6.07, 6.45) is 3.08. The topological polar surface area (TPSA) is 27.1 Å². The van der Waals surface area contributed by atoms with Crippen LogP contribution in [0.4, 0.5) is 0 Å². The van der Waals surface area contributed by atoms with Gasteiger partial charge in [0.25, 0.3) is 0 Å². The minimum atomic E-state index is 0.638. The average Bonchev–Trinajstić information content (AvgIpc) is 2.52. The summed E-state index contributed by atoms with van der Waals surface area (Å²) in [6, 6.07) is 2.03. The van der Waals surface area contributed by atoms with Crippen LogP contribution < -0.4 is 0 Å². The van der Waals surface area contributed by atoms with Gasteiger partial charge in [0, 0.05) is 19.3 Å². The summed E-state index contributed by atoms with van der Waals surface area (Å²) in [7, 11) is 0. The fraction of sp³-hybridized carbons (Fsp3) is 0.727. The van der Waals surface area contributed by atoms with Gasteiger partial charge >= 0.3 is 0 Å². The van der Waals surface area contributed by atoms with Crippen molar-refractivity contribution < 1.29 is 4.74 Å². The fourth-order valence-corrected chi connectivity index (χ4v) is 1.28. The van der Waals surface area contributed by atoms with Crippen molar-refractivity contribution >= 4 is 0 Å². The number of aromatic nitrogens is 2. The maximum atomic E-state index is 5.41. The van der Waals surface area contributed by atoms with E-state index in [4.69, 9.17) is 4.74 Å². The van der Waals surface area contributed by atoms with E-state index in [1.54, 1.807) is 0 Å². The van der Waals surface area contributed by atoms with Crippen molar-refractivity contribution in [2.24, 2.45) is 5.92 Å². The number of rotatable bonds is 6. The van der Waals surface area contributed by atoms with Gasteiger partial charge in [-0.1, -0.05) is 20.8 Å². The van der Waals surface area contributed by atoms with Crippen LogP contribution in [0.25, 0.3) is 0 Å². The van der Waals surface area contributed by atoms with E-state index in [-0.39, 0.29) is 0 Å². The lowest BCUT2D eigenvalue weighted by Gasteiger charge is -2.04. The SMILES string of the molecule is CCCOCc1ccn(CC(C)C)n1. The zero-order valence-corrected chi connectivity index (χ0v) is 9.36. The van der Waals surface area contributed by atoms with Gasteiger partial charge in [-0.2, -0.15) is 5.10 Å². The van der Waals surface area contributed by atoms with Gasteiger partial charge < -0.3 is 4.74 Å². The summed E-state index contributed by atoms with van der Waals surface area (Å²) in [5, 5.41) is 4.41. The lowest BCUT2D eigenvalue weighted by Crippen LogP contribution is -2.05. The zero-order valence-electron chi connectivity index (χ0n) is 9.36. The molecule has 0 fully saturated rings. The van der Waals surface area contributed by atoms with E-state index in [2.05, 4.69) is 25.9 Å². The molecule has 0 N–H and O–H groups in total. The van der Waals surface area contributed by atoms with E-state index in [0.717, 1.165) is 25.3 Å². The number of hydrogen-bond acceptors (Lipinski definition) is 2. The van der Waals surface area contributed by atoms with Crippen LogP contribution in [0, 0.1) is 5.92 Å². The Morgan fingerprint density at radius 3 is 2.93 bits per heavy atom. The Balaban J connectivity index is 2.35. The number of hydrogen-bond donors (Lipinski definition) is 0. The molecule has 0 spiro atoms. The summed E-state index contributed by atoms with van der Waals surface area (Å²) in [5.41, 5.74) is 1.03. The second kappa shape index (κ2) is 5.81. The second-order valence-electron chi connectivity index (χ2n) is 3.98. The smallest absolute Gasteiger partial charge is 0.0906 e. The van der Waals surface area contributed by atoms with E-state index in [9.17, 15) is 0 Å². The van der Waals surface area contributed by atoms with E-state index in [1.807, 2.05) is 16.9 Å². The molecular weight excluding hydrogens is 176 g/mol. The van der Waals surface area contributed by atoms with Crippen LogP contribution in [-0.2, 0) is 17.9 Å². The highest BCUT2D eigenvalue weighted by atomic mass is 16.5. The van der Waals surface area contributed by atoms with Crippen molar-refractivity contribution in [3.8, 4) is 0 Å². The Kier molecular flexibility index (Phi) is 4.66. The largest absolute Gasteiger partial charge is 0.375 e. The van der Waals surface area contributed by atoms with Crippen LogP contribution in [0.2, 0.25) is 0 Å². The van der Waals surface area contributed by atoms with E-state index in [1.165, 1.54) is 0 Å². The van der Waals surface area contributed by atoms with Gasteiger partial charge in [0.05, 0.1) is 12.3 Å². The molecule has 0 aromatic carbocycles. The van der Waals surface area contributed by atoms with Crippen LogP contribution in [0.3, 0.4) is 0 Å². The first-order chi connectivity index (χ1) is 6.72. The molecule has 0 aliphatic heterocycles. The molecule has 3 heteroatoms. The standard InChI is InChI=1S/C11H20N2O/c1-4-7-14-9-11-5-6-13(12-11)8-10(2)3/h5-6,10H,4,7-9H2,1-3H3. The molecule has 14 heavy (non-hydrogen) atoms. The predicted molar refractivity (Wildman–Crippen MR) is 57.0 cm³/mol. The molecule has 0 bridgehead atoms. The molecule has 0 aliphatic carbocycles. The Bertz CT molecular complexity index is 256. The minimum absolute atomic E-state index is 0.638. The molecule has 0 saturated heterocycles. The maximum absolute atomic E-state index is 5.41. The molecule has 0 amide bonds. The normalized spacial score (nSPS) is 11.1. The van der Waals surface area contributed by atoms with Crippen molar-refractivity contribution in [3.05, 3.63) is 18.0 Å². The Labute approximate surface area is 86.1 Å². The van der Waals surface area contributed by atoms with Crippen LogP contribution in [0.15, 0.2) is 12.3 Å². The van der Waals surface area contributed by atoms with Crippen LogP contribution >= 0.6 is 0 Å². The molecular formula is C11H20N2O. The monoisotopic (exact) mass is 196 g/mol. The molecule has 0 radical (unpaired) electrons. The van der Waals surface area contributed by atoms with Crippen molar-refractivity contribution in [3.63, 3.8) is 0 Å². The summed E-state index contributed by atoms with van der Waals surface area (Å²) in [5.74, 6) is 0.638. The molecule has 1 rings (SSSR count). The Hall–Kier alpha value is -0.830. The third kappa shape index (κ3) is 3.92. The first-order valence-electron chi connectivity index (χ1n) is 5.32.